The predicted molar refractivity (Wildman–Crippen MR) is 135 cm³/mol. The van der Waals surface area contributed by atoms with Crippen LogP contribution < -0.4 is 4.90 Å². The lowest BCUT2D eigenvalue weighted by molar-refractivity contribution is -0.119. The fraction of sp³-hybridized carbons (Fsp3) is 0.179. The molecule has 4 aromatic rings. The van der Waals surface area contributed by atoms with E-state index in [0.717, 1.165) is 40.4 Å². The van der Waals surface area contributed by atoms with E-state index in [-0.39, 0.29) is 11.9 Å². The van der Waals surface area contributed by atoms with E-state index < -0.39 is 0 Å². The van der Waals surface area contributed by atoms with Crippen LogP contribution in [-0.4, -0.2) is 34.0 Å². The molecule has 1 amide bonds. The highest BCUT2D eigenvalue weighted by Crippen LogP contribution is 2.40. The van der Waals surface area contributed by atoms with Crippen molar-refractivity contribution in [3.63, 3.8) is 0 Å². The number of carbonyl (C=O) groups is 1. The Kier molecular flexibility index (Phi) is 6.14. The van der Waals surface area contributed by atoms with Gasteiger partial charge in [0.1, 0.15) is 11.6 Å². The van der Waals surface area contributed by atoms with Crippen molar-refractivity contribution in [2.45, 2.75) is 25.9 Å². The standard InChI is InChI=1S/C28H26FN5O/c1-20-27(26-17-25(31-33(26)19-35)22-13-15-23(29)16-14-22)28(32(2)18-21-9-5-3-6-10-21)34(30-20)24-11-7-4-8-12-24/h3-16,19,26H,17-18H2,1-2H3. The Labute approximate surface area is 203 Å². The number of nitrogens with zero attached hydrogens (tertiary/aromatic N) is 5. The average Bonchev–Trinajstić information content (AvgIpc) is 3.46. The Balaban J connectivity index is 1.58. The zero-order chi connectivity index (χ0) is 24.4. The summed E-state index contributed by atoms with van der Waals surface area (Å²) in [5.41, 5.74) is 5.42. The molecule has 3 aromatic carbocycles. The van der Waals surface area contributed by atoms with Crippen molar-refractivity contribution in [3.05, 3.63) is 113 Å². The fourth-order valence-electron chi connectivity index (χ4n) is 4.64. The van der Waals surface area contributed by atoms with Crippen molar-refractivity contribution >= 4 is 17.9 Å². The van der Waals surface area contributed by atoms with Crippen LogP contribution in [0.3, 0.4) is 0 Å². The number of hydrogen-bond donors (Lipinski definition) is 0. The van der Waals surface area contributed by atoms with Crippen LogP contribution in [0.25, 0.3) is 5.69 Å². The molecule has 0 saturated carbocycles. The summed E-state index contributed by atoms with van der Waals surface area (Å²) in [5.74, 6) is 0.603. The van der Waals surface area contributed by atoms with Gasteiger partial charge in [-0.2, -0.15) is 10.2 Å². The third-order valence-electron chi connectivity index (χ3n) is 6.27. The molecule has 0 fully saturated rings. The van der Waals surface area contributed by atoms with Crippen LogP contribution in [-0.2, 0) is 11.3 Å². The number of aromatic nitrogens is 2. The van der Waals surface area contributed by atoms with Crippen LogP contribution >= 0.6 is 0 Å². The molecule has 0 aliphatic carbocycles. The third-order valence-corrected chi connectivity index (χ3v) is 6.27. The zero-order valence-electron chi connectivity index (χ0n) is 19.7. The van der Waals surface area contributed by atoms with Gasteiger partial charge < -0.3 is 4.90 Å². The number of aryl methyl sites for hydroxylation is 1. The molecule has 5 rings (SSSR count). The van der Waals surface area contributed by atoms with E-state index in [2.05, 4.69) is 22.1 Å². The molecule has 1 aromatic heterocycles. The van der Waals surface area contributed by atoms with Gasteiger partial charge in [-0.15, -0.1) is 0 Å². The Hall–Kier alpha value is -4.26. The van der Waals surface area contributed by atoms with Crippen LogP contribution in [0, 0.1) is 12.7 Å². The number of hydrazone groups is 1. The summed E-state index contributed by atoms with van der Waals surface area (Å²) >= 11 is 0. The van der Waals surface area contributed by atoms with E-state index >= 15 is 0 Å². The largest absolute Gasteiger partial charge is 0.355 e. The SMILES string of the molecule is Cc1nn(-c2ccccc2)c(N(C)Cc2ccccc2)c1C1CC(c2ccc(F)cc2)=NN1C=O. The predicted octanol–water partition coefficient (Wildman–Crippen LogP) is 5.26. The van der Waals surface area contributed by atoms with Gasteiger partial charge in [0.25, 0.3) is 0 Å². The smallest absolute Gasteiger partial charge is 0.230 e. The molecule has 1 aliphatic heterocycles. The summed E-state index contributed by atoms with van der Waals surface area (Å²) in [4.78, 5) is 14.3. The number of halogens is 1. The molecule has 7 heteroatoms. The van der Waals surface area contributed by atoms with Gasteiger partial charge in [-0.05, 0) is 42.3 Å². The molecule has 6 nitrogen and oxygen atoms in total. The minimum atomic E-state index is -0.321. The molecule has 0 spiro atoms. The maximum Gasteiger partial charge on any atom is 0.230 e. The van der Waals surface area contributed by atoms with Crippen LogP contribution in [0.4, 0.5) is 10.2 Å². The first kappa shape index (κ1) is 22.5. The summed E-state index contributed by atoms with van der Waals surface area (Å²) in [5, 5.41) is 10.9. The molecule has 1 unspecified atom stereocenters. The highest BCUT2D eigenvalue weighted by Gasteiger charge is 2.35. The summed E-state index contributed by atoms with van der Waals surface area (Å²) in [6, 6.07) is 26.1. The van der Waals surface area contributed by atoms with Gasteiger partial charge >= 0.3 is 0 Å². The quantitative estimate of drug-likeness (QED) is 0.348. The first-order chi connectivity index (χ1) is 17.0. The minimum absolute atomic E-state index is 0.305. The van der Waals surface area contributed by atoms with Crippen LogP contribution in [0.5, 0.6) is 0 Å². The molecule has 35 heavy (non-hydrogen) atoms. The molecule has 0 saturated heterocycles. The maximum absolute atomic E-state index is 13.5. The lowest BCUT2D eigenvalue weighted by Crippen LogP contribution is -2.25. The van der Waals surface area contributed by atoms with E-state index in [0.29, 0.717) is 13.0 Å². The van der Waals surface area contributed by atoms with Crippen molar-refractivity contribution in [3.8, 4) is 5.69 Å². The molecule has 0 radical (unpaired) electrons. The number of para-hydroxylation sites is 1. The van der Waals surface area contributed by atoms with Crippen molar-refractivity contribution in [1.29, 1.82) is 0 Å². The topological polar surface area (TPSA) is 53.7 Å². The van der Waals surface area contributed by atoms with E-state index in [1.165, 1.54) is 22.7 Å². The number of hydrogen-bond acceptors (Lipinski definition) is 4. The molecule has 0 bridgehead atoms. The van der Waals surface area contributed by atoms with Crippen molar-refractivity contribution in [1.82, 2.24) is 14.8 Å². The zero-order valence-corrected chi connectivity index (χ0v) is 19.7. The average molecular weight is 468 g/mol. The van der Waals surface area contributed by atoms with Gasteiger partial charge in [0.15, 0.2) is 0 Å². The molecular weight excluding hydrogens is 441 g/mol. The van der Waals surface area contributed by atoms with Gasteiger partial charge in [-0.3, -0.25) is 4.79 Å². The molecule has 2 heterocycles. The molecule has 176 valence electrons. The normalized spacial score (nSPS) is 15.2. The van der Waals surface area contributed by atoms with Gasteiger partial charge in [-0.25, -0.2) is 14.1 Å². The number of benzene rings is 3. The van der Waals surface area contributed by atoms with Crippen molar-refractivity contribution < 1.29 is 9.18 Å². The summed E-state index contributed by atoms with van der Waals surface area (Å²) in [6.07, 6.45) is 1.26. The Morgan fingerprint density at radius 2 is 1.66 bits per heavy atom. The minimum Gasteiger partial charge on any atom is -0.355 e. The Bertz CT molecular complexity index is 1350. The summed E-state index contributed by atoms with van der Waals surface area (Å²) in [6.45, 7) is 2.64. The molecule has 1 aliphatic rings. The first-order valence-electron chi connectivity index (χ1n) is 11.5. The van der Waals surface area contributed by atoms with Gasteiger partial charge in [0.2, 0.25) is 6.41 Å². The van der Waals surface area contributed by atoms with Gasteiger partial charge in [0, 0.05) is 25.6 Å². The maximum atomic E-state index is 13.5. The highest BCUT2D eigenvalue weighted by atomic mass is 19.1. The van der Waals surface area contributed by atoms with E-state index in [1.54, 1.807) is 12.1 Å². The number of amides is 1. The number of rotatable bonds is 7. The van der Waals surface area contributed by atoms with E-state index in [1.807, 2.05) is 67.2 Å². The second-order valence-corrected chi connectivity index (χ2v) is 8.67. The van der Waals surface area contributed by atoms with Gasteiger partial charge in [-0.1, -0.05) is 60.7 Å². The highest BCUT2D eigenvalue weighted by molar-refractivity contribution is 6.02. The second-order valence-electron chi connectivity index (χ2n) is 8.67. The van der Waals surface area contributed by atoms with Crippen LogP contribution in [0.15, 0.2) is 90.0 Å². The van der Waals surface area contributed by atoms with Crippen LogP contribution in [0.2, 0.25) is 0 Å². The van der Waals surface area contributed by atoms with Gasteiger partial charge in [0.05, 0.1) is 23.1 Å². The lowest BCUT2D eigenvalue weighted by Gasteiger charge is -2.26. The monoisotopic (exact) mass is 467 g/mol. The fourth-order valence-corrected chi connectivity index (χ4v) is 4.64. The van der Waals surface area contributed by atoms with E-state index in [4.69, 9.17) is 5.10 Å². The number of anilines is 1. The lowest BCUT2D eigenvalue weighted by atomic mass is 9.98. The van der Waals surface area contributed by atoms with Crippen LogP contribution in [0.1, 0.15) is 34.8 Å². The summed E-state index contributed by atoms with van der Waals surface area (Å²) < 4.78 is 15.4. The Morgan fingerprint density at radius 3 is 2.31 bits per heavy atom. The third kappa shape index (κ3) is 4.45. The number of carbonyl (C=O) groups excluding carboxylic acids is 1. The van der Waals surface area contributed by atoms with Crippen molar-refractivity contribution in [2.24, 2.45) is 5.10 Å². The first-order valence-corrected chi connectivity index (χ1v) is 11.5. The second kappa shape index (κ2) is 9.54. The summed E-state index contributed by atoms with van der Waals surface area (Å²) in [7, 11) is 2.04. The molecular formula is C28H26FN5O. The molecule has 1 atom stereocenters. The molecule has 0 N–H and O–H groups in total. The van der Waals surface area contributed by atoms with Crippen molar-refractivity contribution in [2.75, 3.05) is 11.9 Å². The van der Waals surface area contributed by atoms with E-state index in [9.17, 15) is 9.18 Å². The Morgan fingerprint density at radius 1 is 1.00 bits per heavy atom.